The molecule has 3 rings (SSSR count). The van der Waals surface area contributed by atoms with Crippen molar-refractivity contribution in [1.82, 2.24) is 4.98 Å². The van der Waals surface area contributed by atoms with E-state index in [2.05, 4.69) is 28.5 Å². The largest absolute Gasteiger partial charge is 0.380 e. The van der Waals surface area contributed by atoms with Gasteiger partial charge in [0.25, 0.3) is 0 Å². The number of nitrogens with zero attached hydrogens (tertiary/aromatic N) is 1. The summed E-state index contributed by atoms with van der Waals surface area (Å²) in [5.74, 6) is 2.49. The van der Waals surface area contributed by atoms with Gasteiger partial charge in [0.1, 0.15) is 0 Å². The fourth-order valence-corrected chi connectivity index (χ4v) is 3.19. The van der Waals surface area contributed by atoms with Crippen LogP contribution in [0.5, 0.6) is 0 Å². The van der Waals surface area contributed by atoms with Gasteiger partial charge >= 0.3 is 0 Å². The quantitative estimate of drug-likeness (QED) is 0.858. The lowest BCUT2D eigenvalue weighted by Gasteiger charge is -2.12. The molecular weight excluding hydrogens is 216 g/mol. The van der Waals surface area contributed by atoms with Crippen LogP contribution in [0.1, 0.15) is 6.42 Å². The molecular formula is C13H14N2S. The molecule has 1 saturated heterocycles. The number of hydrogen-bond donors (Lipinski definition) is 1. The average Bonchev–Trinajstić information content (AvgIpc) is 2.82. The Hall–Kier alpha value is -1.22. The maximum Gasteiger partial charge on any atom is 0.0703 e. The Kier molecular flexibility index (Phi) is 2.70. The van der Waals surface area contributed by atoms with Crippen molar-refractivity contribution < 1.29 is 0 Å². The van der Waals surface area contributed by atoms with Crippen molar-refractivity contribution in [2.24, 2.45) is 0 Å². The maximum atomic E-state index is 4.45. The van der Waals surface area contributed by atoms with E-state index >= 15 is 0 Å². The number of thioether (sulfide) groups is 1. The third kappa shape index (κ3) is 2.00. The highest BCUT2D eigenvalue weighted by Crippen LogP contribution is 2.22. The molecule has 0 radical (unpaired) electrons. The van der Waals surface area contributed by atoms with Gasteiger partial charge in [0.2, 0.25) is 0 Å². The SMILES string of the molecule is c1ccc2ncc(NC3CCSC3)cc2c1. The Morgan fingerprint density at radius 2 is 2.25 bits per heavy atom. The van der Waals surface area contributed by atoms with Crippen LogP contribution in [0.15, 0.2) is 36.5 Å². The molecule has 1 N–H and O–H groups in total. The summed E-state index contributed by atoms with van der Waals surface area (Å²) in [6.45, 7) is 0. The predicted octanol–water partition coefficient (Wildman–Crippen LogP) is 3.15. The van der Waals surface area contributed by atoms with Gasteiger partial charge < -0.3 is 5.32 Å². The van der Waals surface area contributed by atoms with Crippen molar-refractivity contribution in [3.63, 3.8) is 0 Å². The van der Waals surface area contributed by atoms with Crippen LogP contribution in [0, 0.1) is 0 Å². The standard InChI is InChI=1S/C13H14N2S/c1-2-4-13-10(3-1)7-12(8-14-13)15-11-5-6-16-9-11/h1-4,7-8,11,15H,5-6,9H2. The maximum absolute atomic E-state index is 4.45. The minimum Gasteiger partial charge on any atom is -0.380 e. The van der Waals surface area contributed by atoms with E-state index in [-0.39, 0.29) is 0 Å². The zero-order valence-corrected chi connectivity index (χ0v) is 9.83. The Bertz CT molecular complexity index is 492. The van der Waals surface area contributed by atoms with Crippen molar-refractivity contribution in [3.05, 3.63) is 36.5 Å². The number of aromatic nitrogens is 1. The number of para-hydroxylation sites is 1. The number of pyridine rings is 1. The third-order valence-electron chi connectivity index (χ3n) is 2.89. The van der Waals surface area contributed by atoms with Crippen LogP contribution in [0.4, 0.5) is 5.69 Å². The van der Waals surface area contributed by atoms with Crippen LogP contribution < -0.4 is 5.32 Å². The van der Waals surface area contributed by atoms with Crippen LogP contribution >= 0.6 is 11.8 Å². The van der Waals surface area contributed by atoms with E-state index in [0.29, 0.717) is 6.04 Å². The van der Waals surface area contributed by atoms with Crippen molar-refractivity contribution >= 4 is 28.4 Å². The molecule has 2 aromatic rings. The number of anilines is 1. The van der Waals surface area contributed by atoms with Gasteiger partial charge in [-0.25, -0.2) is 0 Å². The summed E-state index contributed by atoms with van der Waals surface area (Å²) in [5, 5.41) is 4.76. The monoisotopic (exact) mass is 230 g/mol. The van der Waals surface area contributed by atoms with Gasteiger partial charge in [-0.05, 0) is 24.3 Å². The smallest absolute Gasteiger partial charge is 0.0703 e. The van der Waals surface area contributed by atoms with Crippen LogP contribution in [0.2, 0.25) is 0 Å². The summed E-state index contributed by atoms with van der Waals surface area (Å²) in [7, 11) is 0. The summed E-state index contributed by atoms with van der Waals surface area (Å²) in [4.78, 5) is 4.45. The number of fused-ring (bicyclic) bond motifs is 1. The Morgan fingerprint density at radius 3 is 3.12 bits per heavy atom. The minimum atomic E-state index is 0.618. The topological polar surface area (TPSA) is 24.9 Å². The summed E-state index contributed by atoms with van der Waals surface area (Å²) in [6.07, 6.45) is 3.20. The van der Waals surface area contributed by atoms with Gasteiger partial charge in [-0.3, -0.25) is 4.98 Å². The van der Waals surface area contributed by atoms with E-state index in [1.165, 1.54) is 23.3 Å². The fourth-order valence-electron chi connectivity index (χ4n) is 2.03. The molecule has 0 spiro atoms. The molecule has 82 valence electrons. The third-order valence-corrected chi connectivity index (χ3v) is 4.05. The number of rotatable bonds is 2. The molecule has 1 aliphatic rings. The number of benzene rings is 1. The van der Waals surface area contributed by atoms with Crippen molar-refractivity contribution in [3.8, 4) is 0 Å². The van der Waals surface area contributed by atoms with Gasteiger partial charge in [-0.2, -0.15) is 11.8 Å². The minimum absolute atomic E-state index is 0.618. The van der Waals surface area contributed by atoms with Crippen LogP contribution in [0.3, 0.4) is 0 Å². The lowest BCUT2D eigenvalue weighted by Crippen LogP contribution is -2.17. The zero-order chi connectivity index (χ0) is 10.8. The summed E-state index contributed by atoms with van der Waals surface area (Å²) >= 11 is 2.02. The molecule has 1 fully saturated rings. The van der Waals surface area contributed by atoms with E-state index in [1.807, 2.05) is 30.1 Å². The van der Waals surface area contributed by atoms with E-state index in [1.54, 1.807) is 0 Å². The average molecular weight is 230 g/mol. The number of nitrogens with one attached hydrogen (secondary N) is 1. The zero-order valence-electron chi connectivity index (χ0n) is 9.02. The molecule has 1 atom stereocenters. The van der Waals surface area contributed by atoms with E-state index in [9.17, 15) is 0 Å². The first-order valence-electron chi connectivity index (χ1n) is 5.61. The summed E-state index contributed by atoms with van der Waals surface area (Å²) in [6, 6.07) is 11.0. The fraction of sp³-hybridized carbons (Fsp3) is 0.308. The molecule has 1 aromatic carbocycles. The van der Waals surface area contributed by atoms with Crippen LogP contribution in [-0.2, 0) is 0 Å². The molecule has 3 heteroatoms. The molecule has 2 heterocycles. The molecule has 2 nitrogen and oxygen atoms in total. The molecule has 0 aliphatic carbocycles. The second-order valence-corrected chi connectivity index (χ2v) is 5.27. The Balaban J connectivity index is 1.86. The van der Waals surface area contributed by atoms with E-state index < -0.39 is 0 Å². The Morgan fingerprint density at radius 1 is 1.31 bits per heavy atom. The highest BCUT2D eigenvalue weighted by atomic mass is 32.2. The molecule has 1 aliphatic heterocycles. The van der Waals surface area contributed by atoms with Gasteiger partial charge in [0.15, 0.2) is 0 Å². The highest BCUT2D eigenvalue weighted by Gasteiger charge is 2.14. The van der Waals surface area contributed by atoms with Crippen molar-refractivity contribution in [2.45, 2.75) is 12.5 Å². The molecule has 0 bridgehead atoms. The molecule has 1 unspecified atom stereocenters. The first-order valence-corrected chi connectivity index (χ1v) is 6.76. The van der Waals surface area contributed by atoms with Crippen LogP contribution in [-0.4, -0.2) is 22.5 Å². The summed E-state index contributed by atoms with van der Waals surface area (Å²) < 4.78 is 0. The molecule has 16 heavy (non-hydrogen) atoms. The van der Waals surface area contributed by atoms with Crippen molar-refractivity contribution in [1.29, 1.82) is 0 Å². The lowest BCUT2D eigenvalue weighted by atomic mass is 10.2. The van der Waals surface area contributed by atoms with Gasteiger partial charge in [-0.1, -0.05) is 18.2 Å². The second kappa shape index (κ2) is 4.34. The first kappa shape index (κ1) is 9.97. The van der Waals surface area contributed by atoms with Gasteiger partial charge in [0.05, 0.1) is 17.4 Å². The normalized spacial score (nSPS) is 20.1. The molecule has 0 amide bonds. The lowest BCUT2D eigenvalue weighted by molar-refractivity contribution is 0.812. The van der Waals surface area contributed by atoms with Gasteiger partial charge in [0, 0.05) is 17.2 Å². The van der Waals surface area contributed by atoms with Crippen LogP contribution in [0.25, 0.3) is 10.9 Å². The van der Waals surface area contributed by atoms with E-state index in [0.717, 1.165) is 11.2 Å². The molecule has 1 aromatic heterocycles. The molecule has 0 saturated carbocycles. The first-order chi connectivity index (χ1) is 7.92. The Labute approximate surface area is 99.5 Å². The summed E-state index contributed by atoms with van der Waals surface area (Å²) in [5.41, 5.74) is 2.21. The van der Waals surface area contributed by atoms with Crippen molar-refractivity contribution in [2.75, 3.05) is 16.8 Å². The number of hydrogen-bond acceptors (Lipinski definition) is 3. The predicted molar refractivity (Wildman–Crippen MR) is 71.1 cm³/mol. The second-order valence-electron chi connectivity index (χ2n) is 4.12. The van der Waals surface area contributed by atoms with Gasteiger partial charge in [-0.15, -0.1) is 0 Å². The van der Waals surface area contributed by atoms with E-state index in [4.69, 9.17) is 0 Å². The highest BCUT2D eigenvalue weighted by molar-refractivity contribution is 7.99.